The van der Waals surface area contributed by atoms with E-state index in [0.29, 0.717) is 29.3 Å². The molecule has 5 rings (SSSR count). The van der Waals surface area contributed by atoms with Gasteiger partial charge in [0.25, 0.3) is 5.91 Å². The number of rotatable bonds is 3. The van der Waals surface area contributed by atoms with E-state index < -0.39 is 0 Å². The summed E-state index contributed by atoms with van der Waals surface area (Å²) >= 11 is 0. The minimum atomic E-state index is 0. The highest BCUT2D eigenvalue weighted by atomic mass is 35.5. The molecule has 1 amide bonds. The molecular formula is C24H26ClN3O2. The fraction of sp³-hybridized carbons (Fsp3) is 0.333. The number of likely N-dealkylation sites (tertiary alicyclic amines) is 1. The minimum Gasteiger partial charge on any atom is -0.436 e. The topological polar surface area (TPSA) is 58.4 Å². The van der Waals surface area contributed by atoms with E-state index in [2.05, 4.69) is 29.4 Å². The first-order valence-electron chi connectivity index (χ1n) is 10.3. The van der Waals surface area contributed by atoms with Crippen LogP contribution in [0.2, 0.25) is 0 Å². The Bertz CT molecular complexity index is 1030. The van der Waals surface area contributed by atoms with Crippen LogP contribution in [0.25, 0.3) is 22.8 Å². The van der Waals surface area contributed by atoms with Crippen molar-refractivity contribution in [3.8, 4) is 22.8 Å². The summed E-state index contributed by atoms with van der Waals surface area (Å²) in [6, 6.07) is 16.7. The molecule has 30 heavy (non-hydrogen) atoms. The number of nitrogens with one attached hydrogen (secondary N) is 1. The van der Waals surface area contributed by atoms with Gasteiger partial charge in [0.2, 0.25) is 5.89 Å². The average Bonchev–Trinajstić information content (AvgIpc) is 3.35. The third-order valence-electron chi connectivity index (χ3n) is 6.04. The normalized spacial score (nSPS) is 20.5. The highest BCUT2D eigenvalue weighted by Crippen LogP contribution is 2.30. The Morgan fingerprint density at radius 3 is 2.67 bits per heavy atom. The van der Waals surface area contributed by atoms with Gasteiger partial charge in [0.15, 0.2) is 5.76 Å². The summed E-state index contributed by atoms with van der Waals surface area (Å²) in [5.41, 5.74) is 3.58. The second-order valence-corrected chi connectivity index (χ2v) is 8.12. The van der Waals surface area contributed by atoms with Crippen molar-refractivity contribution in [3.63, 3.8) is 0 Å². The quantitative estimate of drug-likeness (QED) is 0.663. The Morgan fingerprint density at radius 1 is 1.07 bits per heavy atom. The number of oxazole rings is 1. The van der Waals surface area contributed by atoms with E-state index in [1.807, 2.05) is 41.3 Å². The van der Waals surface area contributed by atoms with Gasteiger partial charge in [-0.3, -0.25) is 4.79 Å². The molecule has 156 valence electrons. The standard InChI is InChI=1S/C24H25N3O2.ClH/c1-16-6-8-17(9-7-16)22-14-25-23(29-22)20-4-2-3-5-21(20)24(28)27-13-12-18-10-11-19(15-27)26-18;/h2-9,14,18-19,26H,10-13,15H2,1H3;1H. The van der Waals surface area contributed by atoms with Gasteiger partial charge in [-0.1, -0.05) is 42.0 Å². The van der Waals surface area contributed by atoms with Crippen LogP contribution in [0.4, 0.5) is 0 Å². The molecule has 3 heterocycles. The highest BCUT2D eigenvalue weighted by molar-refractivity contribution is 6.00. The molecular weight excluding hydrogens is 398 g/mol. The largest absolute Gasteiger partial charge is 0.436 e. The van der Waals surface area contributed by atoms with Crippen LogP contribution in [0, 0.1) is 6.92 Å². The Morgan fingerprint density at radius 2 is 1.83 bits per heavy atom. The fourth-order valence-electron chi connectivity index (χ4n) is 4.40. The first-order valence-corrected chi connectivity index (χ1v) is 10.3. The van der Waals surface area contributed by atoms with Crippen molar-refractivity contribution >= 4 is 18.3 Å². The molecule has 2 aliphatic rings. The van der Waals surface area contributed by atoms with Crippen LogP contribution in [0.5, 0.6) is 0 Å². The minimum absolute atomic E-state index is 0. The number of fused-ring (bicyclic) bond motifs is 2. The number of nitrogens with zero attached hydrogens (tertiary/aromatic N) is 2. The van der Waals surface area contributed by atoms with Crippen molar-refractivity contribution in [2.75, 3.05) is 13.1 Å². The predicted molar refractivity (Wildman–Crippen MR) is 120 cm³/mol. The molecule has 0 saturated carbocycles. The molecule has 0 radical (unpaired) electrons. The number of aryl methyl sites for hydroxylation is 1. The van der Waals surface area contributed by atoms with Crippen molar-refractivity contribution in [3.05, 3.63) is 65.9 Å². The van der Waals surface area contributed by atoms with Crippen molar-refractivity contribution in [2.24, 2.45) is 0 Å². The number of carbonyl (C=O) groups is 1. The van der Waals surface area contributed by atoms with Crippen molar-refractivity contribution in [1.82, 2.24) is 15.2 Å². The molecule has 5 nitrogen and oxygen atoms in total. The van der Waals surface area contributed by atoms with E-state index in [1.54, 1.807) is 6.20 Å². The lowest BCUT2D eigenvalue weighted by Crippen LogP contribution is -2.39. The highest BCUT2D eigenvalue weighted by Gasteiger charge is 2.32. The van der Waals surface area contributed by atoms with E-state index in [4.69, 9.17) is 4.42 Å². The van der Waals surface area contributed by atoms with Gasteiger partial charge in [-0.05, 0) is 38.3 Å². The maximum Gasteiger partial charge on any atom is 0.254 e. The van der Waals surface area contributed by atoms with Crippen molar-refractivity contribution in [1.29, 1.82) is 0 Å². The van der Waals surface area contributed by atoms with Crippen LogP contribution in [0.1, 0.15) is 35.2 Å². The molecule has 2 saturated heterocycles. The lowest BCUT2D eigenvalue weighted by atomic mass is 10.0. The van der Waals surface area contributed by atoms with Gasteiger partial charge < -0.3 is 14.6 Å². The van der Waals surface area contributed by atoms with E-state index in [1.165, 1.54) is 12.0 Å². The maximum absolute atomic E-state index is 13.4. The molecule has 2 bridgehead atoms. The van der Waals surface area contributed by atoms with Gasteiger partial charge in [0, 0.05) is 36.3 Å². The molecule has 2 atom stereocenters. The fourth-order valence-corrected chi connectivity index (χ4v) is 4.40. The summed E-state index contributed by atoms with van der Waals surface area (Å²) in [6.45, 7) is 3.62. The van der Waals surface area contributed by atoms with Crippen LogP contribution in [0.15, 0.2) is 59.1 Å². The monoisotopic (exact) mass is 423 g/mol. The second-order valence-electron chi connectivity index (χ2n) is 8.12. The molecule has 3 aromatic rings. The Hall–Kier alpha value is -2.63. The van der Waals surface area contributed by atoms with E-state index in [-0.39, 0.29) is 18.3 Å². The summed E-state index contributed by atoms with van der Waals surface area (Å²) < 4.78 is 6.05. The number of carbonyl (C=O) groups excluding carboxylic acids is 1. The van der Waals surface area contributed by atoms with Gasteiger partial charge in [0.1, 0.15) is 0 Å². The third kappa shape index (κ3) is 4.00. The zero-order chi connectivity index (χ0) is 19.8. The number of hydrogen-bond donors (Lipinski definition) is 1. The van der Waals surface area contributed by atoms with Gasteiger partial charge in [-0.25, -0.2) is 4.98 Å². The zero-order valence-electron chi connectivity index (χ0n) is 17.0. The average molecular weight is 424 g/mol. The molecule has 0 spiro atoms. The number of hydrogen-bond acceptors (Lipinski definition) is 4. The number of amides is 1. The number of aromatic nitrogens is 1. The molecule has 6 heteroatoms. The predicted octanol–water partition coefficient (Wildman–Crippen LogP) is 4.71. The number of benzene rings is 2. The summed E-state index contributed by atoms with van der Waals surface area (Å²) in [4.78, 5) is 19.8. The molecule has 2 aromatic carbocycles. The van der Waals surface area contributed by atoms with E-state index in [0.717, 1.165) is 37.1 Å². The first kappa shape index (κ1) is 20.6. The van der Waals surface area contributed by atoms with Gasteiger partial charge in [-0.2, -0.15) is 0 Å². The SMILES string of the molecule is Cc1ccc(-c2cnc(-c3ccccc3C(=O)N3CCC4CCC(C3)N4)o2)cc1.Cl. The maximum atomic E-state index is 13.4. The van der Waals surface area contributed by atoms with E-state index in [9.17, 15) is 4.79 Å². The lowest BCUT2D eigenvalue weighted by Gasteiger charge is -2.25. The lowest BCUT2D eigenvalue weighted by molar-refractivity contribution is 0.0748. The van der Waals surface area contributed by atoms with E-state index >= 15 is 0 Å². The molecule has 2 unspecified atom stereocenters. The zero-order valence-corrected chi connectivity index (χ0v) is 17.8. The molecule has 2 aliphatic heterocycles. The third-order valence-corrected chi connectivity index (χ3v) is 6.04. The smallest absolute Gasteiger partial charge is 0.254 e. The van der Waals surface area contributed by atoms with Crippen LogP contribution < -0.4 is 5.32 Å². The molecule has 1 aromatic heterocycles. The summed E-state index contributed by atoms with van der Waals surface area (Å²) in [6.07, 6.45) is 5.12. The summed E-state index contributed by atoms with van der Waals surface area (Å²) in [5, 5.41) is 3.64. The second kappa shape index (κ2) is 8.62. The Labute approximate surface area is 182 Å². The first-order chi connectivity index (χ1) is 14.2. The molecule has 1 N–H and O–H groups in total. The molecule has 0 aliphatic carbocycles. The summed E-state index contributed by atoms with van der Waals surface area (Å²) in [5.74, 6) is 1.25. The Kier molecular flexibility index (Phi) is 5.93. The number of halogens is 1. The van der Waals surface area contributed by atoms with Gasteiger partial charge in [-0.15, -0.1) is 12.4 Å². The van der Waals surface area contributed by atoms with Crippen LogP contribution >= 0.6 is 12.4 Å². The van der Waals surface area contributed by atoms with Crippen molar-refractivity contribution < 1.29 is 9.21 Å². The van der Waals surface area contributed by atoms with Gasteiger partial charge in [0.05, 0.1) is 11.8 Å². The van der Waals surface area contributed by atoms with Crippen LogP contribution in [0.3, 0.4) is 0 Å². The van der Waals surface area contributed by atoms with Gasteiger partial charge >= 0.3 is 0 Å². The van der Waals surface area contributed by atoms with Crippen LogP contribution in [-0.2, 0) is 0 Å². The Balaban J connectivity index is 0.00000218. The van der Waals surface area contributed by atoms with Crippen molar-refractivity contribution in [2.45, 2.75) is 38.3 Å². The van der Waals surface area contributed by atoms with Crippen LogP contribution in [-0.4, -0.2) is 41.0 Å². The molecule has 2 fully saturated rings. The summed E-state index contributed by atoms with van der Waals surface area (Å²) in [7, 11) is 0.